The summed E-state index contributed by atoms with van der Waals surface area (Å²) in [5.74, 6) is -0.175. The van der Waals surface area contributed by atoms with Gasteiger partial charge in [-0.3, -0.25) is 9.59 Å². The summed E-state index contributed by atoms with van der Waals surface area (Å²) in [5, 5.41) is 0. The summed E-state index contributed by atoms with van der Waals surface area (Å²) >= 11 is 3.24. The number of amides is 1. The quantitative estimate of drug-likeness (QED) is 0.840. The van der Waals surface area contributed by atoms with Gasteiger partial charge in [0.1, 0.15) is 5.75 Å². The molecule has 5 heteroatoms. The van der Waals surface area contributed by atoms with Crippen molar-refractivity contribution in [2.24, 2.45) is 5.73 Å². The summed E-state index contributed by atoms with van der Waals surface area (Å²) in [6.07, 6.45) is 0.428. The van der Waals surface area contributed by atoms with Crippen LogP contribution in [0.1, 0.15) is 23.7 Å². The van der Waals surface area contributed by atoms with Crippen LogP contribution >= 0.6 is 15.9 Å². The first-order chi connectivity index (χ1) is 7.58. The largest absolute Gasteiger partial charge is 0.480 e. The van der Waals surface area contributed by atoms with Gasteiger partial charge in [-0.15, -0.1) is 0 Å². The van der Waals surface area contributed by atoms with Crippen LogP contribution in [0, 0.1) is 0 Å². The second-order valence-corrected chi connectivity index (χ2v) is 4.13. The van der Waals surface area contributed by atoms with Crippen molar-refractivity contribution in [3.05, 3.63) is 28.2 Å². The zero-order valence-corrected chi connectivity index (χ0v) is 10.4. The summed E-state index contributed by atoms with van der Waals surface area (Å²) in [7, 11) is 0. The molecule has 0 aliphatic heterocycles. The number of rotatable bonds is 5. The molecule has 0 spiro atoms. The van der Waals surface area contributed by atoms with E-state index in [1.807, 2.05) is 0 Å². The van der Waals surface area contributed by atoms with Crippen molar-refractivity contribution in [1.29, 1.82) is 0 Å². The van der Waals surface area contributed by atoms with Crippen molar-refractivity contribution in [2.45, 2.75) is 19.4 Å². The third kappa shape index (κ3) is 3.06. The van der Waals surface area contributed by atoms with Crippen molar-refractivity contribution in [3.63, 3.8) is 0 Å². The lowest BCUT2D eigenvalue weighted by Gasteiger charge is -2.15. The zero-order valence-electron chi connectivity index (χ0n) is 8.77. The number of carbonyl (C=O) groups is 2. The molecule has 0 saturated carbocycles. The Bertz CT molecular complexity index is 406. The van der Waals surface area contributed by atoms with Gasteiger partial charge in [0.25, 0.3) is 5.91 Å². The molecule has 1 rings (SSSR count). The molecule has 86 valence electrons. The van der Waals surface area contributed by atoms with Crippen LogP contribution in [-0.2, 0) is 4.79 Å². The van der Waals surface area contributed by atoms with E-state index in [0.29, 0.717) is 24.0 Å². The molecular formula is C11H12BrNO3. The van der Waals surface area contributed by atoms with Gasteiger partial charge in [0, 0.05) is 4.47 Å². The average Bonchev–Trinajstić information content (AvgIpc) is 2.26. The lowest BCUT2D eigenvalue weighted by molar-refractivity contribution is -0.124. The Balaban J connectivity index is 2.95. The van der Waals surface area contributed by atoms with Crippen LogP contribution in [0.5, 0.6) is 5.75 Å². The van der Waals surface area contributed by atoms with Crippen LogP contribution in [0.2, 0.25) is 0 Å². The van der Waals surface area contributed by atoms with E-state index in [1.54, 1.807) is 25.1 Å². The van der Waals surface area contributed by atoms with E-state index in [-0.39, 0.29) is 0 Å². The SMILES string of the molecule is CCC(Oc1ccc(Br)cc1C=O)C(N)=O. The van der Waals surface area contributed by atoms with Crippen LogP contribution in [0.15, 0.2) is 22.7 Å². The molecule has 1 aromatic rings. The number of benzene rings is 1. The van der Waals surface area contributed by atoms with Gasteiger partial charge in [0.2, 0.25) is 0 Å². The van der Waals surface area contributed by atoms with Gasteiger partial charge in [0.05, 0.1) is 5.56 Å². The Kier molecular flexibility index (Phi) is 4.49. The maximum atomic E-state index is 11.0. The lowest BCUT2D eigenvalue weighted by Crippen LogP contribution is -2.33. The zero-order chi connectivity index (χ0) is 12.1. The van der Waals surface area contributed by atoms with Crippen molar-refractivity contribution >= 4 is 28.1 Å². The molecule has 2 N–H and O–H groups in total. The molecule has 1 amide bonds. The maximum absolute atomic E-state index is 11.0. The standard InChI is InChI=1S/C11H12BrNO3/c1-2-9(11(13)15)16-10-4-3-8(12)5-7(10)6-14/h3-6,9H,2H2,1H3,(H2,13,15). The number of ether oxygens (including phenoxy) is 1. The molecule has 4 nitrogen and oxygen atoms in total. The molecule has 1 atom stereocenters. The molecule has 1 unspecified atom stereocenters. The summed E-state index contributed by atoms with van der Waals surface area (Å²) in [5.41, 5.74) is 5.54. The Hall–Kier alpha value is -1.36. The van der Waals surface area contributed by atoms with Crippen molar-refractivity contribution in [3.8, 4) is 5.75 Å². The minimum atomic E-state index is -0.708. The normalized spacial score (nSPS) is 11.9. The van der Waals surface area contributed by atoms with E-state index in [9.17, 15) is 9.59 Å². The van der Waals surface area contributed by atoms with Crippen LogP contribution in [0.3, 0.4) is 0 Å². The minimum Gasteiger partial charge on any atom is -0.480 e. The molecule has 0 aliphatic carbocycles. The Labute approximate surface area is 102 Å². The minimum absolute atomic E-state index is 0.365. The van der Waals surface area contributed by atoms with Crippen LogP contribution in [0.25, 0.3) is 0 Å². The Morgan fingerprint density at radius 2 is 2.31 bits per heavy atom. The van der Waals surface area contributed by atoms with Gasteiger partial charge in [-0.05, 0) is 24.6 Å². The highest BCUT2D eigenvalue weighted by Gasteiger charge is 2.16. The number of carbonyl (C=O) groups excluding carboxylic acids is 2. The van der Waals surface area contributed by atoms with Crippen molar-refractivity contribution in [2.75, 3.05) is 0 Å². The second-order valence-electron chi connectivity index (χ2n) is 3.22. The molecule has 0 heterocycles. The van der Waals surface area contributed by atoms with E-state index < -0.39 is 12.0 Å². The first-order valence-corrected chi connectivity index (χ1v) is 5.58. The number of halogens is 1. The van der Waals surface area contributed by atoms with Gasteiger partial charge < -0.3 is 10.5 Å². The lowest BCUT2D eigenvalue weighted by atomic mass is 10.2. The van der Waals surface area contributed by atoms with Crippen LogP contribution in [0.4, 0.5) is 0 Å². The highest BCUT2D eigenvalue weighted by atomic mass is 79.9. The van der Waals surface area contributed by atoms with Crippen LogP contribution in [-0.4, -0.2) is 18.3 Å². The van der Waals surface area contributed by atoms with E-state index in [0.717, 1.165) is 4.47 Å². The summed E-state index contributed by atoms with van der Waals surface area (Å²) in [4.78, 5) is 21.8. The number of nitrogens with two attached hydrogens (primary N) is 1. The Morgan fingerprint density at radius 3 is 2.81 bits per heavy atom. The molecule has 0 fully saturated rings. The number of primary amides is 1. The van der Waals surface area contributed by atoms with Gasteiger partial charge in [-0.2, -0.15) is 0 Å². The first kappa shape index (κ1) is 12.7. The van der Waals surface area contributed by atoms with Gasteiger partial charge >= 0.3 is 0 Å². The van der Waals surface area contributed by atoms with Gasteiger partial charge in [-0.1, -0.05) is 22.9 Å². The number of hydrogen-bond acceptors (Lipinski definition) is 3. The third-order valence-electron chi connectivity index (χ3n) is 2.06. The van der Waals surface area contributed by atoms with Gasteiger partial charge in [-0.25, -0.2) is 0 Å². The number of aldehydes is 1. The fourth-order valence-corrected chi connectivity index (χ4v) is 1.59. The van der Waals surface area contributed by atoms with E-state index in [1.165, 1.54) is 0 Å². The summed E-state index contributed by atoms with van der Waals surface area (Å²) in [6, 6.07) is 4.98. The molecule has 0 saturated heterocycles. The van der Waals surface area contributed by atoms with E-state index in [2.05, 4.69) is 15.9 Å². The summed E-state index contributed by atoms with van der Waals surface area (Å²) in [6.45, 7) is 1.79. The fourth-order valence-electron chi connectivity index (χ4n) is 1.21. The molecule has 16 heavy (non-hydrogen) atoms. The van der Waals surface area contributed by atoms with E-state index >= 15 is 0 Å². The Morgan fingerprint density at radius 1 is 1.62 bits per heavy atom. The third-order valence-corrected chi connectivity index (χ3v) is 2.55. The number of hydrogen-bond donors (Lipinski definition) is 1. The molecule has 0 bridgehead atoms. The van der Waals surface area contributed by atoms with Crippen molar-refractivity contribution < 1.29 is 14.3 Å². The van der Waals surface area contributed by atoms with Crippen molar-refractivity contribution in [1.82, 2.24) is 0 Å². The molecule has 0 aliphatic rings. The molecule has 1 aromatic carbocycles. The molecule has 0 radical (unpaired) electrons. The van der Waals surface area contributed by atoms with E-state index in [4.69, 9.17) is 10.5 Å². The molecule has 0 aromatic heterocycles. The predicted octanol–water partition coefficient (Wildman–Crippen LogP) is 1.90. The maximum Gasteiger partial charge on any atom is 0.258 e. The summed E-state index contributed by atoms with van der Waals surface area (Å²) < 4.78 is 6.15. The highest BCUT2D eigenvalue weighted by molar-refractivity contribution is 9.10. The molecular weight excluding hydrogens is 274 g/mol. The van der Waals surface area contributed by atoms with Gasteiger partial charge in [0.15, 0.2) is 12.4 Å². The second kappa shape index (κ2) is 5.65. The average molecular weight is 286 g/mol. The highest BCUT2D eigenvalue weighted by Crippen LogP contribution is 2.23. The van der Waals surface area contributed by atoms with Crippen LogP contribution < -0.4 is 10.5 Å². The fraction of sp³-hybridized carbons (Fsp3) is 0.273. The first-order valence-electron chi connectivity index (χ1n) is 4.79. The predicted molar refractivity (Wildman–Crippen MR) is 63.4 cm³/mol. The monoisotopic (exact) mass is 285 g/mol. The smallest absolute Gasteiger partial charge is 0.258 e. The topological polar surface area (TPSA) is 69.4 Å².